The Bertz CT molecular complexity index is 1400. The predicted molar refractivity (Wildman–Crippen MR) is 130 cm³/mol. The molecule has 2 aromatic carbocycles. The molecule has 170 valence electrons. The molecular formula is C25H26ClN5O2. The van der Waals surface area contributed by atoms with Crippen molar-refractivity contribution in [3.05, 3.63) is 86.4 Å². The van der Waals surface area contributed by atoms with Crippen LogP contribution in [0.25, 0.3) is 16.6 Å². The number of nitrogens with one attached hydrogen (secondary N) is 1. The molecule has 2 heterocycles. The van der Waals surface area contributed by atoms with Crippen LogP contribution in [-0.4, -0.2) is 25.5 Å². The molecule has 4 rings (SSSR count). The number of carbonyl (C=O) groups excluding carboxylic acids is 1. The van der Waals surface area contributed by atoms with Crippen molar-refractivity contribution >= 4 is 28.4 Å². The van der Waals surface area contributed by atoms with Crippen molar-refractivity contribution in [3.8, 4) is 5.69 Å². The summed E-state index contributed by atoms with van der Waals surface area (Å²) in [5.74, 6) is -0.279. The first-order valence-electron chi connectivity index (χ1n) is 10.8. The minimum atomic E-state index is -0.363. The molecule has 0 atom stereocenters. The van der Waals surface area contributed by atoms with E-state index >= 15 is 0 Å². The Kier molecular flexibility index (Phi) is 6.33. The maximum Gasteiger partial charge on any atom is 0.293 e. The zero-order valence-corrected chi connectivity index (χ0v) is 19.8. The quantitative estimate of drug-likeness (QED) is 0.462. The maximum atomic E-state index is 13.4. The van der Waals surface area contributed by atoms with E-state index in [1.165, 1.54) is 4.68 Å². The Labute approximate surface area is 197 Å². The molecule has 4 aromatic rings. The number of aryl methyl sites for hydroxylation is 2. The molecule has 0 unspecified atom stereocenters. The summed E-state index contributed by atoms with van der Waals surface area (Å²) in [7, 11) is 0. The summed E-state index contributed by atoms with van der Waals surface area (Å²) in [5.41, 5.74) is 4.63. The third-order valence-corrected chi connectivity index (χ3v) is 6.09. The molecule has 7 nitrogen and oxygen atoms in total. The van der Waals surface area contributed by atoms with Crippen LogP contribution in [0.1, 0.15) is 42.1 Å². The minimum Gasteiger partial charge on any atom is -0.350 e. The maximum absolute atomic E-state index is 13.4. The molecule has 0 spiro atoms. The van der Waals surface area contributed by atoms with Crippen molar-refractivity contribution in [3.63, 3.8) is 0 Å². The second-order valence-electron chi connectivity index (χ2n) is 8.46. The third kappa shape index (κ3) is 4.54. The number of aromatic nitrogens is 4. The molecule has 1 amide bonds. The SMILES string of the molecule is Cc1ccc(-n2ncc3c(C(C)C)nn(CC(=O)NCc4ccccc4Cl)c(=O)c32)cc1C. The van der Waals surface area contributed by atoms with Gasteiger partial charge in [0.25, 0.3) is 5.56 Å². The second-order valence-corrected chi connectivity index (χ2v) is 8.87. The summed E-state index contributed by atoms with van der Waals surface area (Å²) < 4.78 is 2.86. The van der Waals surface area contributed by atoms with Gasteiger partial charge in [-0.05, 0) is 54.7 Å². The van der Waals surface area contributed by atoms with Crippen molar-refractivity contribution in [2.75, 3.05) is 0 Å². The fraction of sp³-hybridized carbons (Fsp3) is 0.280. The van der Waals surface area contributed by atoms with E-state index in [2.05, 4.69) is 15.5 Å². The van der Waals surface area contributed by atoms with E-state index in [0.717, 1.165) is 28.1 Å². The molecule has 0 radical (unpaired) electrons. The molecule has 0 fully saturated rings. The van der Waals surface area contributed by atoms with Crippen LogP contribution in [0.5, 0.6) is 0 Å². The highest BCUT2D eigenvalue weighted by Gasteiger charge is 2.20. The van der Waals surface area contributed by atoms with Crippen molar-refractivity contribution in [1.82, 2.24) is 24.9 Å². The van der Waals surface area contributed by atoms with E-state index in [1.807, 2.05) is 64.1 Å². The number of amides is 1. The van der Waals surface area contributed by atoms with Gasteiger partial charge in [0.1, 0.15) is 12.1 Å². The summed E-state index contributed by atoms with van der Waals surface area (Å²) in [4.78, 5) is 26.1. The van der Waals surface area contributed by atoms with Gasteiger partial charge < -0.3 is 5.32 Å². The zero-order chi connectivity index (χ0) is 23.7. The van der Waals surface area contributed by atoms with Crippen molar-refractivity contribution in [1.29, 1.82) is 0 Å². The van der Waals surface area contributed by atoms with E-state index in [-0.39, 0.29) is 30.5 Å². The third-order valence-electron chi connectivity index (χ3n) is 5.72. The average Bonchev–Trinajstić information content (AvgIpc) is 3.22. The Balaban J connectivity index is 1.71. The van der Waals surface area contributed by atoms with Crippen molar-refractivity contribution in [2.45, 2.75) is 46.7 Å². The highest BCUT2D eigenvalue weighted by molar-refractivity contribution is 6.31. The molecule has 0 saturated heterocycles. The summed E-state index contributed by atoms with van der Waals surface area (Å²) in [6, 6.07) is 13.2. The second kappa shape index (κ2) is 9.19. The molecule has 0 saturated carbocycles. The number of nitrogens with zero attached hydrogens (tertiary/aromatic N) is 4. The zero-order valence-electron chi connectivity index (χ0n) is 19.1. The lowest BCUT2D eigenvalue weighted by molar-refractivity contribution is -0.122. The van der Waals surface area contributed by atoms with Crippen LogP contribution in [-0.2, 0) is 17.9 Å². The molecule has 33 heavy (non-hydrogen) atoms. The fourth-order valence-electron chi connectivity index (χ4n) is 3.71. The van der Waals surface area contributed by atoms with E-state index < -0.39 is 0 Å². The van der Waals surface area contributed by atoms with Crippen LogP contribution < -0.4 is 10.9 Å². The van der Waals surface area contributed by atoms with Gasteiger partial charge in [-0.15, -0.1) is 0 Å². The highest BCUT2D eigenvalue weighted by atomic mass is 35.5. The first-order valence-corrected chi connectivity index (χ1v) is 11.2. The van der Waals surface area contributed by atoms with Gasteiger partial charge in [0.05, 0.1) is 17.6 Å². The number of fused-ring (bicyclic) bond motifs is 1. The largest absolute Gasteiger partial charge is 0.350 e. The number of hydrogen-bond acceptors (Lipinski definition) is 4. The smallest absolute Gasteiger partial charge is 0.293 e. The average molecular weight is 464 g/mol. The lowest BCUT2D eigenvalue weighted by atomic mass is 10.1. The van der Waals surface area contributed by atoms with Gasteiger partial charge in [-0.25, -0.2) is 9.36 Å². The summed E-state index contributed by atoms with van der Waals surface area (Å²) >= 11 is 6.17. The van der Waals surface area contributed by atoms with E-state index in [0.29, 0.717) is 15.9 Å². The van der Waals surface area contributed by atoms with E-state index in [4.69, 9.17) is 11.6 Å². The number of carbonyl (C=O) groups is 1. The molecule has 8 heteroatoms. The van der Waals surface area contributed by atoms with Gasteiger partial charge in [-0.3, -0.25) is 9.59 Å². The van der Waals surface area contributed by atoms with Gasteiger partial charge in [-0.2, -0.15) is 10.2 Å². The number of rotatable bonds is 6. The first-order chi connectivity index (χ1) is 15.8. The first kappa shape index (κ1) is 22.7. The minimum absolute atomic E-state index is 0.0444. The van der Waals surface area contributed by atoms with E-state index in [1.54, 1.807) is 16.9 Å². The Morgan fingerprint density at radius 3 is 2.58 bits per heavy atom. The summed E-state index contributed by atoms with van der Waals surface area (Å²) in [6.07, 6.45) is 1.68. The van der Waals surface area contributed by atoms with Crippen molar-refractivity contribution < 1.29 is 4.79 Å². The number of benzene rings is 2. The van der Waals surface area contributed by atoms with Gasteiger partial charge in [-0.1, -0.05) is 49.7 Å². The van der Waals surface area contributed by atoms with Crippen LogP contribution >= 0.6 is 11.6 Å². The van der Waals surface area contributed by atoms with Crippen LogP contribution in [0, 0.1) is 13.8 Å². The molecule has 0 aliphatic carbocycles. The fourth-order valence-corrected chi connectivity index (χ4v) is 3.91. The highest BCUT2D eigenvalue weighted by Crippen LogP contribution is 2.24. The lowest BCUT2D eigenvalue weighted by Gasteiger charge is -2.13. The van der Waals surface area contributed by atoms with E-state index in [9.17, 15) is 9.59 Å². The standard InChI is InChI=1S/C25H26ClN5O2/c1-15(2)23-20-13-28-31(19-10-9-16(3)17(4)11-19)24(20)25(33)30(29-23)14-22(32)27-12-18-7-5-6-8-21(18)26/h5-11,13,15H,12,14H2,1-4H3,(H,27,32). The van der Waals surface area contributed by atoms with Crippen LogP contribution in [0.2, 0.25) is 5.02 Å². The topological polar surface area (TPSA) is 81.8 Å². The number of hydrogen-bond donors (Lipinski definition) is 1. The Morgan fingerprint density at radius 1 is 1.12 bits per heavy atom. The van der Waals surface area contributed by atoms with Gasteiger partial charge in [0, 0.05) is 17.0 Å². The number of halogens is 1. The molecule has 1 N–H and O–H groups in total. The predicted octanol–water partition coefficient (Wildman–Crippen LogP) is 4.29. The summed E-state index contributed by atoms with van der Waals surface area (Å²) in [5, 5.41) is 13.1. The van der Waals surface area contributed by atoms with Gasteiger partial charge in [0.15, 0.2) is 0 Å². The molecule has 0 bridgehead atoms. The normalized spacial score (nSPS) is 11.3. The summed E-state index contributed by atoms with van der Waals surface area (Å²) in [6.45, 7) is 8.13. The Morgan fingerprint density at radius 2 is 1.88 bits per heavy atom. The molecule has 0 aliphatic heterocycles. The van der Waals surface area contributed by atoms with Crippen LogP contribution in [0.4, 0.5) is 0 Å². The molecule has 2 aromatic heterocycles. The van der Waals surface area contributed by atoms with Crippen LogP contribution in [0.3, 0.4) is 0 Å². The van der Waals surface area contributed by atoms with Crippen LogP contribution in [0.15, 0.2) is 53.5 Å². The molecular weight excluding hydrogens is 438 g/mol. The van der Waals surface area contributed by atoms with Gasteiger partial charge in [0.2, 0.25) is 5.91 Å². The monoisotopic (exact) mass is 463 g/mol. The Hall–Kier alpha value is -3.45. The van der Waals surface area contributed by atoms with Gasteiger partial charge >= 0.3 is 0 Å². The lowest BCUT2D eigenvalue weighted by Crippen LogP contribution is -2.34. The molecule has 0 aliphatic rings. The van der Waals surface area contributed by atoms with Crippen molar-refractivity contribution in [2.24, 2.45) is 0 Å².